The quantitative estimate of drug-likeness (QED) is 0.908. The van der Waals surface area contributed by atoms with Crippen LogP contribution in [0.3, 0.4) is 0 Å². The van der Waals surface area contributed by atoms with Gasteiger partial charge in [0.05, 0.1) is 7.11 Å². The Morgan fingerprint density at radius 1 is 1.15 bits per heavy atom. The third kappa shape index (κ3) is 1.92. The summed E-state index contributed by atoms with van der Waals surface area (Å²) in [5.41, 5.74) is 6.13. The molecule has 26 heavy (non-hydrogen) atoms. The Morgan fingerprint density at radius 3 is 2.27 bits per heavy atom. The topological polar surface area (TPSA) is 67.9 Å². The Bertz CT molecular complexity index is 767. The highest BCUT2D eigenvalue weighted by Crippen LogP contribution is 2.67. The first kappa shape index (κ1) is 16.2. The predicted molar refractivity (Wildman–Crippen MR) is 99.7 cm³/mol. The van der Waals surface area contributed by atoms with Gasteiger partial charge in [0.2, 0.25) is 0 Å². The molecule has 5 aliphatic rings. The number of nitrogens with two attached hydrogens (primary N) is 1. The minimum atomic E-state index is -0.892. The lowest BCUT2D eigenvalue weighted by molar-refractivity contribution is -0.149. The van der Waals surface area contributed by atoms with Crippen LogP contribution in [-0.4, -0.2) is 30.9 Å². The van der Waals surface area contributed by atoms with E-state index in [1.54, 1.807) is 19.1 Å². The van der Waals surface area contributed by atoms with Gasteiger partial charge in [-0.2, -0.15) is 0 Å². The number of ether oxygens (including phenoxy) is 1. The molecule has 1 aromatic carbocycles. The zero-order chi connectivity index (χ0) is 18.1. The number of likely N-dealkylation sites (N-methyl/N-ethyl adjacent to an activating group) is 1. The van der Waals surface area contributed by atoms with Crippen molar-refractivity contribution in [3.8, 4) is 5.75 Å². The number of carbonyl (C=O) groups excluding carboxylic acids is 1. The van der Waals surface area contributed by atoms with Gasteiger partial charge in [-0.05, 0) is 74.0 Å². The molecule has 138 valence electrons. The van der Waals surface area contributed by atoms with Crippen LogP contribution >= 0.6 is 0 Å². The van der Waals surface area contributed by atoms with E-state index in [1.165, 1.54) is 19.3 Å². The molecule has 4 aliphatic carbocycles. The van der Waals surface area contributed by atoms with Crippen LogP contribution in [0.25, 0.3) is 0 Å². The zero-order valence-corrected chi connectivity index (χ0v) is 15.6. The van der Waals surface area contributed by atoms with Gasteiger partial charge in [0.25, 0.3) is 5.91 Å². The van der Waals surface area contributed by atoms with Crippen molar-refractivity contribution in [3.63, 3.8) is 0 Å². The normalized spacial score (nSPS) is 40.8. The van der Waals surface area contributed by atoms with E-state index in [-0.39, 0.29) is 11.3 Å². The van der Waals surface area contributed by atoms with Gasteiger partial charge in [-0.1, -0.05) is 12.1 Å². The van der Waals surface area contributed by atoms with E-state index in [2.05, 4.69) is 0 Å². The number of guanidine groups is 1. The number of methoxy groups -OCH3 is 1. The van der Waals surface area contributed by atoms with Crippen LogP contribution in [0.5, 0.6) is 5.75 Å². The van der Waals surface area contributed by atoms with Gasteiger partial charge in [0.15, 0.2) is 11.5 Å². The van der Waals surface area contributed by atoms with Crippen LogP contribution in [-0.2, 0) is 10.3 Å². The molecular formula is C21H27N3O2. The number of rotatable bonds is 3. The van der Waals surface area contributed by atoms with Crippen molar-refractivity contribution in [2.24, 2.45) is 33.9 Å². The first-order valence-corrected chi connectivity index (χ1v) is 9.75. The standard InChI is InChI=1S/C21H27N3O2/c1-24-18(25)21(23-19(24)22,16-4-3-5-17(9-16)26-2)20-10-13-6-14(11-20)8-15(7-13)12-20/h3-5,9,13-15H,6-8,10-12H2,1-2H3,(H2,22,23)/t13?,14?,15?,20?,21-/m1/s1. The highest BCUT2D eigenvalue weighted by atomic mass is 16.5. The average molecular weight is 353 g/mol. The molecule has 0 unspecified atom stereocenters. The Morgan fingerprint density at radius 2 is 1.77 bits per heavy atom. The number of amides is 1. The summed E-state index contributed by atoms with van der Waals surface area (Å²) in [6, 6.07) is 7.92. The largest absolute Gasteiger partial charge is 0.497 e. The summed E-state index contributed by atoms with van der Waals surface area (Å²) < 4.78 is 5.46. The molecule has 4 bridgehead atoms. The van der Waals surface area contributed by atoms with Crippen molar-refractivity contribution in [3.05, 3.63) is 29.8 Å². The molecule has 6 rings (SSSR count). The molecule has 1 aromatic rings. The fraction of sp³-hybridized carbons (Fsp3) is 0.619. The number of hydrogen-bond donors (Lipinski definition) is 1. The molecule has 0 spiro atoms. The van der Waals surface area contributed by atoms with Crippen molar-refractivity contribution in [1.82, 2.24) is 4.90 Å². The van der Waals surface area contributed by atoms with Gasteiger partial charge >= 0.3 is 0 Å². The van der Waals surface area contributed by atoms with Gasteiger partial charge in [0.1, 0.15) is 5.75 Å². The Kier molecular flexibility index (Phi) is 3.26. The van der Waals surface area contributed by atoms with E-state index in [4.69, 9.17) is 15.5 Å². The number of carbonyl (C=O) groups is 1. The Balaban J connectivity index is 1.72. The Hall–Kier alpha value is -2.04. The molecule has 0 aromatic heterocycles. The smallest absolute Gasteiger partial charge is 0.262 e. The molecule has 0 radical (unpaired) electrons. The van der Waals surface area contributed by atoms with Crippen molar-refractivity contribution in [2.45, 2.75) is 44.1 Å². The second kappa shape index (κ2) is 5.24. The molecule has 4 fully saturated rings. The van der Waals surface area contributed by atoms with Crippen molar-refractivity contribution >= 4 is 11.9 Å². The van der Waals surface area contributed by atoms with Crippen molar-refractivity contribution in [1.29, 1.82) is 0 Å². The summed E-state index contributed by atoms with van der Waals surface area (Å²) in [4.78, 5) is 20.1. The maximum atomic E-state index is 13.6. The fourth-order valence-electron chi connectivity index (χ4n) is 6.88. The van der Waals surface area contributed by atoms with Crippen LogP contribution < -0.4 is 10.5 Å². The molecule has 1 amide bonds. The first-order chi connectivity index (χ1) is 12.5. The van der Waals surface area contributed by atoms with E-state index < -0.39 is 5.54 Å². The number of nitrogens with zero attached hydrogens (tertiary/aromatic N) is 2. The van der Waals surface area contributed by atoms with E-state index in [0.717, 1.165) is 48.3 Å². The van der Waals surface area contributed by atoms with Crippen LogP contribution in [0.2, 0.25) is 0 Å². The predicted octanol–water partition coefficient (Wildman–Crippen LogP) is 2.89. The summed E-state index contributed by atoms with van der Waals surface area (Å²) in [5.74, 6) is 3.35. The van der Waals surface area contributed by atoms with Gasteiger partial charge in [0, 0.05) is 12.5 Å². The van der Waals surface area contributed by atoms with Gasteiger partial charge in [-0.25, -0.2) is 4.99 Å². The maximum absolute atomic E-state index is 13.6. The van der Waals surface area contributed by atoms with E-state index in [1.807, 2.05) is 24.3 Å². The lowest BCUT2D eigenvalue weighted by atomic mass is 9.43. The summed E-state index contributed by atoms with van der Waals surface area (Å²) >= 11 is 0. The van der Waals surface area contributed by atoms with E-state index in [9.17, 15) is 4.79 Å². The summed E-state index contributed by atoms with van der Waals surface area (Å²) in [5, 5.41) is 0. The first-order valence-electron chi connectivity index (χ1n) is 9.75. The minimum Gasteiger partial charge on any atom is -0.497 e. The maximum Gasteiger partial charge on any atom is 0.262 e. The van der Waals surface area contributed by atoms with Gasteiger partial charge < -0.3 is 10.5 Å². The monoisotopic (exact) mass is 353 g/mol. The van der Waals surface area contributed by atoms with E-state index >= 15 is 0 Å². The summed E-state index contributed by atoms with van der Waals surface area (Å²) in [6.45, 7) is 0. The number of benzene rings is 1. The molecule has 2 N–H and O–H groups in total. The second-order valence-electron chi connectivity index (χ2n) is 8.97. The molecule has 1 atom stereocenters. The van der Waals surface area contributed by atoms with Crippen LogP contribution in [0, 0.1) is 23.2 Å². The zero-order valence-electron chi connectivity index (χ0n) is 15.6. The lowest BCUT2D eigenvalue weighted by Gasteiger charge is -2.61. The lowest BCUT2D eigenvalue weighted by Crippen LogP contribution is -2.59. The average Bonchev–Trinajstić information content (AvgIpc) is 2.86. The molecule has 5 heteroatoms. The van der Waals surface area contributed by atoms with Crippen LogP contribution in [0.4, 0.5) is 0 Å². The Labute approximate surface area is 154 Å². The van der Waals surface area contributed by atoms with Crippen LogP contribution in [0.15, 0.2) is 29.3 Å². The van der Waals surface area contributed by atoms with E-state index in [0.29, 0.717) is 5.96 Å². The van der Waals surface area contributed by atoms with Crippen molar-refractivity contribution in [2.75, 3.05) is 14.2 Å². The molecule has 1 heterocycles. The second-order valence-corrected chi connectivity index (χ2v) is 8.97. The fourth-order valence-corrected chi connectivity index (χ4v) is 6.88. The van der Waals surface area contributed by atoms with Gasteiger partial charge in [-0.15, -0.1) is 0 Å². The summed E-state index contributed by atoms with van der Waals surface area (Å²) in [6.07, 6.45) is 7.26. The third-order valence-electron chi connectivity index (χ3n) is 7.53. The SMILES string of the molecule is COc1cccc([C@@]2(C34CC5CC(CC(C5)C3)C4)N=C(N)N(C)C2=O)c1. The minimum absolute atomic E-state index is 0.0326. The third-order valence-corrected chi connectivity index (χ3v) is 7.53. The number of aliphatic imine (C=N–C) groups is 1. The highest BCUT2D eigenvalue weighted by molar-refractivity contribution is 6.07. The summed E-state index contributed by atoms with van der Waals surface area (Å²) in [7, 11) is 3.42. The molecule has 5 nitrogen and oxygen atoms in total. The molecule has 4 saturated carbocycles. The molecule has 0 saturated heterocycles. The van der Waals surface area contributed by atoms with Crippen LogP contribution in [0.1, 0.15) is 44.1 Å². The van der Waals surface area contributed by atoms with Gasteiger partial charge in [-0.3, -0.25) is 9.69 Å². The molecular weight excluding hydrogens is 326 g/mol. The number of hydrogen-bond acceptors (Lipinski definition) is 4. The molecule has 1 aliphatic heterocycles. The highest BCUT2D eigenvalue weighted by Gasteiger charge is 2.67. The van der Waals surface area contributed by atoms with Crippen molar-refractivity contribution < 1.29 is 9.53 Å².